The third-order valence-corrected chi connectivity index (χ3v) is 2.19. The summed E-state index contributed by atoms with van der Waals surface area (Å²) < 4.78 is 9.26. The molecule has 1 N–H and O–H groups in total. The number of carbonyl (C=O) groups excluding carboxylic acids is 2. The summed E-state index contributed by atoms with van der Waals surface area (Å²) in [5.41, 5.74) is 3.13. The van der Waals surface area contributed by atoms with Gasteiger partial charge in [-0.15, -0.1) is 0 Å². The SMILES string of the molecule is CCOC(=O)NN=C(Cc1ccccc1)C(=O)OC. The Kier molecular flexibility index (Phi) is 6.08. The van der Waals surface area contributed by atoms with E-state index in [4.69, 9.17) is 0 Å². The van der Waals surface area contributed by atoms with Gasteiger partial charge in [0, 0.05) is 6.42 Å². The van der Waals surface area contributed by atoms with Crippen LogP contribution in [-0.4, -0.2) is 31.5 Å². The highest BCUT2D eigenvalue weighted by Crippen LogP contribution is 2.02. The molecular weight excluding hydrogens is 248 g/mol. The van der Waals surface area contributed by atoms with Gasteiger partial charge in [0.25, 0.3) is 0 Å². The molecule has 1 aromatic rings. The lowest BCUT2D eigenvalue weighted by molar-refractivity contribution is -0.132. The molecule has 0 aliphatic rings. The zero-order valence-corrected chi connectivity index (χ0v) is 10.9. The highest BCUT2D eigenvalue weighted by atomic mass is 16.6. The van der Waals surface area contributed by atoms with Crippen molar-refractivity contribution in [2.24, 2.45) is 5.10 Å². The minimum atomic E-state index is -0.711. The molecule has 0 saturated heterocycles. The summed E-state index contributed by atoms with van der Waals surface area (Å²) in [7, 11) is 1.26. The second kappa shape index (κ2) is 7.86. The maximum Gasteiger partial charge on any atom is 0.427 e. The van der Waals surface area contributed by atoms with E-state index >= 15 is 0 Å². The van der Waals surface area contributed by atoms with Crippen LogP contribution < -0.4 is 5.43 Å². The molecule has 0 saturated carbocycles. The molecule has 0 unspecified atom stereocenters. The molecule has 0 spiro atoms. The van der Waals surface area contributed by atoms with Crippen molar-refractivity contribution < 1.29 is 19.1 Å². The van der Waals surface area contributed by atoms with Gasteiger partial charge in [0.2, 0.25) is 0 Å². The molecule has 19 heavy (non-hydrogen) atoms. The predicted octanol–water partition coefficient (Wildman–Crippen LogP) is 1.50. The van der Waals surface area contributed by atoms with Crippen LogP contribution in [0.4, 0.5) is 4.79 Å². The number of hydrogen-bond acceptors (Lipinski definition) is 5. The molecule has 0 fully saturated rings. The van der Waals surface area contributed by atoms with Crippen LogP contribution in [-0.2, 0) is 20.7 Å². The maximum atomic E-state index is 11.5. The average Bonchev–Trinajstić information content (AvgIpc) is 2.44. The van der Waals surface area contributed by atoms with E-state index in [1.165, 1.54) is 7.11 Å². The summed E-state index contributed by atoms with van der Waals surface area (Å²) in [5, 5.41) is 3.73. The Bertz CT molecular complexity index is 457. The molecular formula is C13H16N2O4. The number of amides is 1. The van der Waals surface area contributed by atoms with Gasteiger partial charge in [-0.2, -0.15) is 5.10 Å². The Morgan fingerprint density at radius 2 is 1.95 bits per heavy atom. The number of nitrogens with one attached hydrogen (secondary N) is 1. The van der Waals surface area contributed by atoms with Gasteiger partial charge in [-0.25, -0.2) is 15.0 Å². The van der Waals surface area contributed by atoms with Crippen LogP contribution in [0.2, 0.25) is 0 Å². The molecule has 1 amide bonds. The molecule has 1 rings (SSSR count). The normalized spacial score (nSPS) is 10.7. The highest BCUT2D eigenvalue weighted by Gasteiger charge is 2.13. The topological polar surface area (TPSA) is 77.0 Å². The van der Waals surface area contributed by atoms with Crippen LogP contribution in [0.3, 0.4) is 0 Å². The van der Waals surface area contributed by atoms with E-state index in [-0.39, 0.29) is 18.7 Å². The molecule has 6 heteroatoms. The van der Waals surface area contributed by atoms with E-state index in [0.717, 1.165) is 5.56 Å². The van der Waals surface area contributed by atoms with Gasteiger partial charge in [0.05, 0.1) is 13.7 Å². The summed E-state index contributed by atoms with van der Waals surface area (Å²) in [6.07, 6.45) is -0.447. The lowest BCUT2D eigenvalue weighted by Gasteiger charge is -2.05. The van der Waals surface area contributed by atoms with Gasteiger partial charge in [0.1, 0.15) is 5.71 Å². The van der Waals surface area contributed by atoms with Crippen molar-refractivity contribution in [1.82, 2.24) is 5.43 Å². The first-order chi connectivity index (χ1) is 9.17. The van der Waals surface area contributed by atoms with Crippen molar-refractivity contribution in [3.05, 3.63) is 35.9 Å². The zero-order valence-electron chi connectivity index (χ0n) is 10.9. The van der Waals surface area contributed by atoms with E-state index in [9.17, 15) is 9.59 Å². The van der Waals surface area contributed by atoms with Crippen LogP contribution >= 0.6 is 0 Å². The number of methoxy groups -OCH3 is 1. The number of hydrazone groups is 1. The van der Waals surface area contributed by atoms with Crippen LogP contribution in [0.5, 0.6) is 0 Å². The number of nitrogens with zero attached hydrogens (tertiary/aromatic N) is 1. The van der Waals surface area contributed by atoms with E-state index in [2.05, 4.69) is 20.0 Å². The predicted molar refractivity (Wildman–Crippen MR) is 69.8 cm³/mol. The summed E-state index contributed by atoms with van der Waals surface area (Å²) >= 11 is 0. The van der Waals surface area contributed by atoms with Gasteiger partial charge in [0.15, 0.2) is 0 Å². The number of rotatable bonds is 5. The third-order valence-electron chi connectivity index (χ3n) is 2.19. The maximum absolute atomic E-state index is 11.5. The van der Waals surface area contributed by atoms with E-state index in [1.807, 2.05) is 30.3 Å². The standard InChI is InChI=1S/C13H16N2O4/c1-3-19-13(17)15-14-11(12(16)18-2)9-10-7-5-4-6-8-10/h4-8H,3,9H2,1-2H3,(H,15,17). The molecule has 0 aliphatic heterocycles. The Balaban J connectivity index is 2.75. The Morgan fingerprint density at radius 3 is 2.53 bits per heavy atom. The van der Waals surface area contributed by atoms with Crippen molar-refractivity contribution in [3.63, 3.8) is 0 Å². The Hall–Kier alpha value is -2.37. The monoisotopic (exact) mass is 264 g/mol. The van der Waals surface area contributed by atoms with Gasteiger partial charge in [-0.1, -0.05) is 30.3 Å². The van der Waals surface area contributed by atoms with Gasteiger partial charge < -0.3 is 9.47 Å². The van der Waals surface area contributed by atoms with E-state index in [0.29, 0.717) is 0 Å². The van der Waals surface area contributed by atoms with Crippen molar-refractivity contribution in [3.8, 4) is 0 Å². The van der Waals surface area contributed by atoms with Gasteiger partial charge in [-0.05, 0) is 12.5 Å². The number of carbonyl (C=O) groups is 2. The van der Waals surface area contributed by atoms with Gasteiger partial charge >= 0.3 is 12.1 Å². The van der Waals surface area contributed by atoms with Crippen molar-refractivity contribution in [1.29, 1.82) is 0 Å². The first-order valence-electron chi connectivity index (χ1n) is 5.79. The fourth-order valence-electron chi connectivity index (χ4n) is 1.34. The van der Waals surface area contributed by atoms with Crippen LogP contribution in [0.25, 0.3) is 0 Å². The van der Waals surface area contributed by atoms with Crippen molar-refractivity contribution in [2.45, 2.75) is 13.3 Å². The molecule has 0 aliphatic carbocycles. The summed E-state index contributed by atoms with van der Waals surface area (Å²) in [5.74, 6) is -0.597. The number of ether oxygens (including phenoxy) is 2. The lowest BCUT2D eigenvalue weighted by atomic mass is 10.1. The number of esters is 1. The molecule has 6 nitrogen and oxygen atoms in total. The summed E-state index contributed by atoms with van der Waals surface area (Å²) in [6.45, 7) is 1.90. The first kappa shape index (κ1) is 14.7. The molecule has 102 valence electrons. The fraction of sp³-hybridized carbons (Fsp3) is 0.308. The Labute approximate surface area is 111 Å². The highest BCUT2D eigenvalue weighted by molar-refractivity contribution is 6.36. The van der Waals surface area contributed by atoms with Crippen molar-refractivity contribution >= 4 is 17.8 Å². The third kappa shape index (κ3) is 5.20. The van der Waals surface area contributed by atoms with Crippen molar-refractivity contribution in [2.75, 3.05) is 13.7 Å². The smallest absolute Gasteiger partial charge is 0.427 e. The average molecular weight is 264 g/mol. The summed E-state index contributed by atoms with van der Waals surface area (Å²) in [4.78, 5) is 22.7. The molecule has 0 bridgehead atoms. The molecule has 0 radical (unpaired) electrons. The molecule has 0 heterocycles. The Morgan fingerprint density at radius 1 is 1.26 bits per heavy atom. The molecule has 1 aromatic carbocycles. The zero-order chi connectivity index (χ0) is 14.1. The lowest BCUT2D eigenvalue weighted by Crippen LogP contribution is -2.26. The second-order valence-electron chi connectivity index (χ2n) is 3.54. The summed E-state index contributed by atoms with van der Waals surface area (Å²) in [6, 6.07) is 9.27. The van der Waals surface area contributed by atoms with E-state index in [1.54, 1.807) is 6.92 Å². The quantitative estimate of drug-likeness (QED) is 0.496. The van der Waals surface area contributed by atoms with Crippen LogP contribution in [0.1, 0.15) is 12.5 Å². The van der Waals surface area contributed by atoms with Crippen LogP contribution in [0.15, 0.2) is 35.4 Å². The first-order valence-corrected chi connectivity index (χ1v) is 5.79. The largest absolute Gasteiger partial charge is 0.464 e. The number of benzene rings is 1. The fourth-order valence-corrected chi connectivity index (χ4v) is 1.34. The molecule has 0 aromatic heterocycles. The molecule has 0 atom stereocenters. The van der Waals surface area contributed by atoms with Crippen LogP contribution in [0, 0.1) is 0 Å². The van der Waals surface area contributed by atoms with E-state index < -0.39 is 12.1 Å². The second-order valence-corrected chi connectivity index (χ2v) is 3.54. The minimum absolute atomic E-state index is 0.0988. The van der Waals surface area contributed by atoms with Gasteiger partial charge in [-0.3, -0.25) is 0 Å². The minimum Gasteiger partial charge on any atom is -0.464 e. The number of hydrogen-bond donors (Lipinski definition) is 1.